The molecular formula is C23H32N2. The van der Waals surface area contributed by atoms with Crippen molar-refractivity contribution in [3.8, 4) is 11.1 Å². The third-order valence-electron chi connectivity index (χ3n) is 5.52. The molecule has 2 nitrogen and oxygen atoms in total. The van der Waals surface area contributed by atoms with Crippen LogP contribution in [0.15, 0.2) is 42.5 Å². The van der Waals surface area contributed by atoms with E-state index in [4.69, 9.17) is 11.5 Å². The second kappa shape index (κ2) is 9.17. The van der Waals surface area contributed by atoms with Crippen molar-refractivity contribution in [1.29, 1.82) is 0 Å². The SMILES string of the molecule is NCCCCCc1cccc2c1C(CCCCCN)c1ccccc1-2. The van der Waals surface area contributed by atoms with Gasteiger partial charge < -0.3 is 11.5 Å². The van der Waals surface area contributed by atoms with Crippen molar-refractivity contribution >= 4 is 0 Å². The summed E-state index contributed by atoms with van der Waals surface area (Å²) in [4.78, 5) is 0. The molecule has 4 N–H and O–H groups in total. The molecule has 134 valence electrons. The van der Waals surface area contributed by atoms with E-state index in [9.17, 15) is 0 Å². The third kappa shape index (κ3) is 4.13. The van der Waals surface area contributed by atoms with Gasteiger partial charge in [-0.2, -0.15) is 0 Å². The van der Waals surface area contributed by atoms with E-state index < -0.39 is 0 Å². The molecule has 3 rings (SSSR count). The van der Waals surface area contributed by atoms with Crippen molar-refractivity contribution in [3.63, 3.8) is 0 Å². The van der Waals surface area contributed by atoms with Crippen LogP contribution in [0.1, 0.15) is 67.6 Å². The van der Waals surface area contributed by atoms with Gasteiger partial charge in [0.1, 0.15) is 0 Å². The van der Waals surface area contributed by atoms with E-state index in [0.717, 1.165) is 25.9 Å². The first-order valence-corrected chi connectivity index (χ1v) is 9.98. The van der Waals surface area contributed by atoms with E-state index in [1.807, 2.05) is 0 Å². The van der Waals surface area contributed by atoms with E-state index in [0.29, 0.717) is 5.92 Å². The average molecular weight is 337 g/mol. The minimum Gasteiger partial charge on any atom is -0.330 e. The molecule has 0 bridgehead atoms. The summed E-state index contributed by atoms with van der Waals surface area (Å²) < 4.78 is 0. The van der Waals surface area contributed by atoms with Crippen LogP contribution in [0.4, 0.5) is 0 Å². The summed E-state index contributed by atoms with van der Waals surface area (Å²) in [5.74, 6) is 0.565. The molecule has 0 amide bonds. The summed E-state index contributed by atoms with van der Waals surface area (Å²) in [6.45, 7) is 1.62. The lowest BCUT2D eigenvalue weighted by Crippen LogP contribution is -2.03. The molecule has 0 aliphatic heterocycles. The standard InChI is InChI=1S/C23H32N2/c24-16-7-1-3-10-18-11-9-15-22-20-13-6-5-12-19(20)21(23(18)22)14-4-2-8-17-25/h5-6,9,11-13,15,21H,1-4,7-8,10,14,16-17,24-25H2. The molecule has 1 aliphatic carbocycles. The lowest BCUT2D eigenvalue weighted by molar-refractivity contribution is 0.607. The molecule has 25 heavy (non-hydrogen) atoms. The molecular weight excluding hydrogens is 304 g/mol. The summed E-state index contributed by atoms with van der Waals surface area (Å²) in [6, 6.07) is 15.9. The van der Waals surface area contributed by atoms with Crippen LogP contribution in [0.25, 0.3) is 11.1 Å². The largest absolute Gasteiger partial charge is 0.330 e. The number of nitrogens with two attached hydrogens (primary N) is 2. The van der Waals surface area contributed by atoms with Crippen molar-refractivity contribution in [2.45, 2.75) is 57.3 Å². The Balaban J connectivity index is 1.84. The van der Waals surface area contributed by atoms with Gasteiger partial charge in [0, 0.05) is 5.92 Å². The molecule has 0 fully saturated rings. The highest BCUT2D eigenvalue weighted by atomic mass is 14.5. The highest BCUT2D eigenvalue weighted by Crippen LogP contribution is 2.48. The highest BCUT2D eigenvalue weighted by Gasteiger charge is 2.29. The summed E-state index contributed by atoms with van der Waals surface area (Å²) in [5.41, 5.74) is 18.9. The van der Waals surface area contributed by atoms with E-state index >= 15 is 0 Å². The van der Waals surface area contributed by atoms with E-state index in [1.165, 1.54) is 55.2 Å². The number of fused-ring (bicyclic) bond motifs is 3. The fourth-order valence-corrected chi connectivity index (χ4v) is 4.29. The van der Waals surface area contributed by atoms with Crippen LogP contribution >= 0.6 is 0 Å². The zero-order valence-electron chi connectivity index (χ0n) is 15.3. The molecule has 2 heteroatoms. The number of hydrogen-bond acceptors (Lipinski definition) is 2. The van der Waals surface area contributed by atoms with E-state index in [1.54, 1.807) is 11.1 Å². The Labute approximate surface area is 152 Å². The van der Waals surface area contributed by atoms with Gasteiger partial charge in [0.2, 0.25) is 0 Å². The van der Waals surface area contributed by atoms with Gasteiger partial charge in [-0.05, 0) is 73.0 Å². The Hall–Kier alpha value is -1.64. The van der Waals surface area contributed by atoms with Crippen molar-refractivity contribution in [2.24, 2.45) is 11.5 Å². The van der Waals surface area contributed by atoms with Gasteiger partial charge in [-0.1, -0.05) is 61.7 Å². The van der Waals surface area contributed by atoms with Crippen molar-refractivity contribution in [1.82, 2.24) is 0 Å². The molecule has 2 aromatic carbocycles. The number of hydrogen-bond donors (Lipinski definition) is 2. The predicted molar refractivity (Wildman–Crippen MR) is 108 cm³/mol. The van der Waals surface area contributed by atoms with E-state index in [2.05, 4.69) is 42.5 Å². The minimum atomic E-state index is 0.565. The second-order valence-electron chi connectivity index (χ2n) is 7.26. The van der Waals surface area contributed by atoms with Crippen molar-refractivity contribution in [3.05, 3.63) is 59.2 Å². The normalized spacial score (nSPS) is 15.2. The fraction of sp³-hybridized carbons (Fsp3) is 0.478. The number of benzene rings is 2. The summed E-state index contributed by atoms with van der Waals surface area (Å²) >= 11 is 0. The fourth-order valence-electron chi connectivity index (χ4n) is 4.29. The number of rotatable bonds is 10. The zero-order valence-corrected chi connectivity index (χ0v) is 15.3. The Morgan fingerprint density at radius 2 is 1.40 bits per heavy atom. The summed E-state index contributed by atoms with van der Waals surface area (Å²) in [5, 5.41) is 0. The molecule has 0 radical (unpaired) electrons. The molecule has 0 saturated carbocycles. The minimum absolute atomic E-state index is 0.565. The topological polar surface area (TPSA) is 52.0 Å². The average Bonchev–Trinajstić information content (AvgIpc) is 2.97. The van der Waals surface area contributed by atoms with Crippen LogP contribution in [0, 0.1) is 0 Å². The quantitative estimate of drug-likeness (QED) is 0.601. The Morgan fingerprint density at radius 3 is 2.20 bits per heavy atom. The summed E-state index contributed by atoms with van der Waals surface area (Å²) in [7, 11) is 0. The molecule has 0 heterocycles. The van der Waals surface area contributed by atoms with E-state index in [-0.39, 0.29) is 0 Å². The first kappa shape index (κ1) is 18.2. The second-order valence-corrected chi connectivity index (χ2v) is 7.26. The summed E-state index contributed by atoms with van der Waals surface area (Å²) in [6.07, 6.45) is 9.67. The van der Waals surface area contributed by atoms with Gasteiger partial charge in [-0.25, -0.2) is 0 Å². The van der Waals surface area contributed by atoms with Gasteiger partial charge in [0.05, 0.1) is 0 Å². The van der Waals surface area contributed by atoms with Gasteiger partial charge in [0.15, 0.2) is 0 Å². The Kier molecular flexibility index (Phi) is 6.66. The van der Waals surface area contributed by atoms with Gasteiger partial charge in [-0.15, -0.1) is 0 Å². The zero-order chi connectivity index (χ0) is 17.5. The van der Waals surface area contributed by atoms with Crippen molar-refractivity contribution < 1.29 is 0 Å². The molecule has 0 spiro atoms. The maximum atomic E-state index is 5.67. The number of aryl methyl sites for hydroxylation is 1. The molecule has 0 aromatic heterocycles. The molecule has 1 unspecified atom stereocenters. The maximum absolute atomic E-state index is 5.67. The van der Waals surface area contributed by atoms with Crippen LogP contribution < -0.4 is 11.5 Å². The lowest BCUT2D eigenvalue weighted by Gasteiger charge is -2.17. The highest BCUT2D eigenvalue weighted by molar-refractivity contribution is 5.80. The van der Waals surface area contributed by atoms with Gasteiger partial charge in [0.25, 0.3) is 0 Å². The van der Waals surface area contributed by atoms with Gasteiger partial charge >= 0.3 is 0 Å². The van der Waals surface area contributed by atoms with Crippen LogP contribution in [0.5, 0.6) is 0 Å². The first-order chi connectivity index (χ1) is 12.4. The van der Waals surface area contributed by atoms with Crippen LogP contribution in [0.2, 0.25) is 0 Å². The maximum Gasteiger partial charge on any atom is 0.0104 e. The smallest absolute Gasteiger partial charge is 0.0104 e. The van der Waals surface area contributed by atoms with Crippen LogP contribution in [-0.4, -0.2) is 13.1 Å². The first-order valence-electron chi connectivity index (χ1n) is 9.98. The molecule has 0 saturated heterocycles. The Morgan fingerprint density at radius 1 is 0.680 bits per heavy atom. The molecule has 1 aliphatic rings. The van der Waals surface area contributed by atoms with Crippen molar-refractivity contribution in [2.75, 3.05) is 13.1 Å². The van der Waals surface area contributed by atoms with Crippen LogP contribution in [-0.2, 0) is 6.42 Å². The third-order valence-corrected chi connectivity index (χ3v) is 5.52. The monoisotopic (exact) mass is 336 g/mol. The molecule has 1 atom stereocenters. The lowest BCUT2D eigenvalue weighted by atomic mass is 9.87. The molecule has 2 aromatic rings. The number of unbranched alkanes of at least 4 members (excludes halogenated alkanes) is 4. The Bertz CT molecular complexity index is 678. The van der Waals surface area contributed by atoms with Gasteiger partial charge in [-0.3, -0.25) is 0 Å². The van der Waals surface area contributed by atoms with Crippen LogP contribution in [0.3, 0.4) is 0 Å². The predicted octanol–water partition coefficient (Wildman–Crippen LogP) is 4.99.